The van der Waals surface area contributed by atoms with Gasteiger partial charge in [0.05, 0.1) is 0 Å². The lowest BCUT2D eigenvalue weighted by Gasteiger charge is -2.38. The Labute approximate surface area is 187 Å². The second kappa shape index (κ2) is 9.84. The normalized spacial score (nSPS) is 26.3. The molecular weight excluding hydrogens is 416 g/mol. The number of benzene rings is 2. The van der Waals surface area contributed by atoms with Crippen LogP contribution in [0.4, 0.5) is 17.6 Å². The van der Waals surface area contributed by atoms with E-state index < -0.39 is 29.0 Å². The molecule has 0 aromatic heterocycles. The Hall–Kier alpha value is -2.04. The van der Waals surface area contributed by atoms with E-state index in [0.717, 1.165) is 49.7 Å². The summed E-state index contributed by atoms with van der Waals surface area (Å²) in [7, 11) is 0. The highest BCUT2D eigenvalue weighted by atomic mass is 19.2. The van der Waals surface area contributed by atoms with Gasteiger partial charge in [0.1, 0.15) is 0 Å². The van der Waals surface area contributed by atoms with Gasteiger partial charge in [0.2, 0.25) is 5.82 Å². The number of phenolic OH excluding ortho intramolecular Hbond substituents is 1. The molecule has 2 aliphatic rings. The lowest BCUT2D eigenvalue weighted by atomic mass is 9.68. The van der Waals surface area contributed by atoms with Crippen molar-refractivity contribution in [3.05, 3.63) is 53.1 Å². The molecule has 2 saturated carbocycles. The second-order valence-corrected chi connectivity index (χ2v) is 9.77. The highest BCUT2D eigenvalue weighted by molar-refractivity contribution is 5.71. The van der Waals surface area contributed by atoms with Crippen LogP contribution in [-0.2, 0) is 0 Å². The number of halogens is 4. The first-order chi connectivity index (χ1) is 15.4. The summed E-state index contributed by atoms with van der Waals surface area (Å²) >= 11 is 0. The molecule has 1 nitrogen and oxygen atoms in total. The van der Waals surface area contributed by atoms with Crippen molar-refractivity contribution in [2.75, 3.05) is 0 Å². The molecule has 2 aliphatic carbocycles. The molecule has 0 atom stereocenters. The van der Waals surface area contributed by atoms with Crippen LogP contribution in [0.15, 0.2) is 24.3 Å². The Balaban J connectivity index is 1.44. The molecule has 0 amide bonds. The number of hydrogen-bond donors (Lipinski definition) is 1. The molecule has 0 spiro atoms. The van der Waals surface area contributed by atoms with E-state index in [0.29, 0.717) is 11.5 Å². The van der Waals surface area contributed by atoms with Crippen LogP contribution >= 0.6 is 0 Å². The van der Waals surface area contributed by atoms with Gasteiger partial charge in [-0.15, -0.1) is 0 Å². The van der Waals surface area contributed by atoms with Crippen molar-refractivity contribution in [2.24, 2.45) is 17.8 Å². The van der Waals surface area contributed by atoms with Gasteiger partial charge in [-0.1, -0.05) is 44.7 Å². The summed E-state index contributed by atoms with van der Waals surface area (Å²) in [6, 6.07) is 4.76. The van der Waals surface area contributed by atoms with Gasteiger partial charge >= 0.3 is 0 Å². The fourth-order valence-electron chi connectivity index (χ4n) is 6.10. The summed E-state index contributed by atoms with van der Waals surface area (Å²) in [5.74, 6) is -3.49. The monoisotopic (exact) mass is 448 g/mol. The van der Waals surface area contributed by atoms with Crippen LogP contribution in [-0.4, -0.2) is 5.11 Å². The van der Waals surface area contributed by atoms with Crippen molar-refractivity contribution in [1.82, 2.24) is 0 Å². The fourth-order valence-corrected chi connectivity index (χ4v) is 6.10. The Morgan fingerprint density at radius 1 is 0.719 bits per heavy atom. The molecular formula is C27H32F4O. The van der Waals surface area contributed by atoms with E-state index in [2.05, 4.69) is 6.92 Å². The highest BCUT2D eigenvalue weighted by Gasteiger charge is 2.32. The average Bonchev–Trinajstić information content (AvgIpc) is 2.81. The Bertz CT molecular complexity index is 941. The minimum absolute atomic E-state index is 0.0372. The molecule has 1 N–H and O–H groups in total. The quantitative estimate of drug-likeness (QED) is 0.455. The van der Waals surface area contributed by atoms with Crippen molar-refractivity contribution in [3.63, 3.8) is 0 Å². The van der Waals surface area contributed by atoms with E-state index in [1.807, 2.05) is 0 Å². The second-order valence-electron chi connectivity index (χ2n) is 9.77. The summed E-state index contributed by atoms with van der Waals surface area (Å²) in [4.78, 5) is 0. The summed E-state index contributed by atoms with van der Waals surface area (Å²) in [6.07, 6.45) is 11.6. The third kappa shape index (κ3) is 4.53. The SMILES string of the molecule is CCCC1CCC(C2CCC(c3ccc(-c4ccc(F)c(F)c4O)c(F)c3F)CC2)CC1. The van der Waals surface area contributed by atoms with Crippen LogP contribution in [0.3, 0.4) is 0 Å². The molecule has 2 aromatic rings. The van der Waals surface area contributed by atoms with Gasteiger partial charge in [-0.25, -0.2) is 13.2 Å². The molecule has 174 valence electrons. The topological polar surface area (TPSA) is 20.2 Å². The van der Waals surface area contributed by atoms with Gasteiger partial charge < -0.3 is 5.11 Å². The summed E-state index contributed by atoms with van der Waals surface area (Å²) in [6.45, 7) is 2.25. The van der Waals surface area contributed by atoms with E-state index in [9.17, 15) is 22.7 Å². The standard InChI is InChI=1S/C27H32F4O/c1-2-3-16-4-6-17(7-5-16)18-8-10-19(11-9-18)20-12-13-21(25(30)24(20)29)22-14-15-23(28)26(31)27(22)32/h12-19,32H,2-11H2,1H3. The first kappa shape index (κ1) is 23.1. The minimum Gasteiger partial charge on any atom is -0.504 e. The predicted octanol–water partition coefficient (Wildman–Crippen LogP) is 8.50. The van der Waals surface area contributed by atoms with Gasteiger partial charge in [0.15, 0.2) is 23.2 Å². The minimum atomic E-state index is -1.46. The molecule has 0 saturated heterocycles. The number of rotatable bonds is 5. The zero-order valence-corrected chi connectivity index (χ0v) is 18.6. The van der Waals surface area contributed by atoms with Crippen molar-refractivity contribution in [3.8, 4) is 16.9 Å². The lowest BCUT2D eigenvalue weighted by molar-refractivity contribution is 0.156. The molecule has 2 aromatic carbocycles. The first-order valence-electron chi connectivity index (χ1n) is 12.1. The molecule has 0 aliphatic heterocycles. The van der Waals surface area contributed by atoms with E-state index >= 15 is 0 Å². The molecule has 0 unspecified atom stereocenters. The van der Waals surface area contributed by atoms with Crippen molar-refractivity contribution in [2.45, 2.75) is 77.0 Å². The molecule has 32 heavy (non-hydrogen) atoms. The van der Waals surface area contributed by atoms with Crippen LogP contribution in [0.1, 0.15) is 82.6 Å². The smallest absolute Gasteiger partial charge is 0.200 e. The van der Waals surface area contributed by atoms with Gasteiger partial charge in [-0.3, -0.25) is 0 Å². The molecule has 0 radical (unpaired) electrons. The average molecular weight is 449 g/mol. The maximum atomic E-state index is 15.0. The van der Waals surface area contributed by atoms with Crippen LogP contribution in [0.5, 0.6) is 5.75 Å². The summed E-state index contributed by atoms with van der Waals surface area (Å²) in [5.41, 5.74) is -0.173. The van der Waals surface area contributed by atoms with Gasteiger partial charge in [0.25, 0.3) is 0 Å². The summed E-state index contributed by atoms with van der Waals surface area (Å²) in [5, 5.41) is 9.86. The number of aromatic hydroxyl groups is 1. The van der Waals surface area contributed by atoms with Crippen LogP contribution in [0, 0.1) is 41.0 Å². The maximum absolute atomic E-state index is 15.0. The first-order valence-corrected chi connectivity index (χ1v) is 12.1. The third-order valence-electron chi connectivity index (χ3n) is 7.94. The van der Waals surface area contributed by atoms with Crippen LogP contribution < -0.4 is 0 Å². The molecule has 4 rings (SSSR count). The van der Waals surface area contributed by atoms with Gasteiger partial charge in [0, 0.05) is 11.1 Å². The molecule has 2 fully saturated rings. The number of phenols is 1. The summed E-state index contributed by atoms with van der Waals surface area (Å²) < 4.78 is 56.8. The van der Waals surface area contributed by atoms with Gasteiger partial charge in [-0.2, -0.15) is 4.39 Å². The van der Waals surface area contributed by atoms with E-state index in [1.165, 1.54) is 50.7 Å². The largest absolute Gasteiger partial charge is 0.504 e. The Morgan fingerprint density at radius 3 is 1.94 bits per heavy atom. The van der Waals surface area contributed by atoms with Crippen molar-refractivity contribution >= 4 is 0 Å². The van der Waals surface area contributed by atoms with Crippen molar-refractivity contribution in [1.29, 1.82) is 0 Å². The Morgan fingerprint density at radius 2 is 1.31 bits per heavy atom. The van der Waals surface area contributed by atoms with E-state index in [-0.39, 0.29) is 17.0 Å². The fraction of sp³-hybridized carbons (Fsp3) is 0.556. The molecule has 0 bridgehead atoms. The molecule has 5 heteroatoms. The zero-order chi connectivity index (χ0) is 22.8. The third-order valence-corrected chi connectivity index (χ3v) is 7.94. The predicted molar refractivity (Wildman–Crippen MR) is 118 cm³/mol. The highest BCUT2D eigenvalue weighted by Crippen LogP contribution is 2.46. The van der Waals surface area contributed by atoms with Crippen molar-refractivity contribution < 1.29 is 22.7 Å². The lowest BCUT2D eigenvalue weighted by Crippen LogP contribution is -2.25. The van der Waals surface area contributed by atoms with Crippen LogP contribution in [0.25, 0.3) is 11.1 Å². The van der Waals surface area contributed by atoms with E-state index in [4.69, 9.17) is 0 Å². The zero-order valence-electron chi connectivity index (χ0n) is 18.6. The van der Waals surface area contributed by atoms with Crippen LogP contribution in [0.2, 0.25) is 0 Å². The number of hydrogen-bond acceptors (Lipinski definition) is 1. The Kier molecular flexibility index (Phi) is 7.11. The maximum Gasteiger partial charge on any atom is 0.200 e. The van der Waals surface area contributed by atoms with Gasteiger partial charge in [-0.05, 0) is 79.9 Å². The molecule has 0 heterocycles. The van der Waals surface area contributed by atoms with E-state index in [1.54, 1.807) is 0 Å².